The number of nitrogens with zero attached hydrogens (tertiary/aromatic N) is 3. The Kier molecular flexibility index (Phi) is 3.66. The first-order valence-electron chi connectivity index (χ1n) is 6.37. The first-order chi connectivity index (χ1) is 8.71. The third-order valence-electron chi connectivity index (χ3n) is 2.86. The van der Waals surface area contributed by atoms with E-state index in [-0.39, 0.29) is 11.5 Å². The minimum Gasteiger partial charge on any atom is -0.297 e. The molecule has 0 unspecified atom stereocenters. The smallest absolute Gasteiger partial charge is 0.195 e. The minimum absolute atomic E-state index is 0.0590. The van der Waals surface area contributed by atoms with Gasteiger partial charge >= 0.3 is 0 Å². The molecule has 0 aromatic carbocycles. The number of hydrogen-bond donors (Lipinski definition) is 1. The van der Waals surface area contributed by atoms with Gasteiger partial charge in [0.1, 0.15) is 0 Å². The van der Waals surface area contributed by atoms with Gasteiger partial charge in [0.15, 0.2) is 10.6 Å². The Morgan fingerprint density at radius 2 is 1.95 bits per heavy atom. The molecule has 104 valence electrons. The monoisotopic (exact) mass is 296 g/mol. The van der Waals surface area contributed by atoms with Gasteiger partial charge < -0.3 is 0 Å². The van der Waals surface area contributed by atoms with Gasteiger partial charge in [0.25, 0.3) is 0 Å². The molecule has 19 heavy (non-hydrogen) atoms. The molecular weight excluding hydrogens is 276 g/mol. The molecule has 0 bridgehead atoms. The summed E-state index contributed by atoms with van der Waals surface area (Å²) in [6.45, 7) is 12.8. The third kappa shape index (κ3) is 2.65. The lowest BCUT2D eigenvalue weighted by molar-refractivity contribution is 0.584. The van der Waals surface area contributed by atoms with E-state index >= 15 is 0 Å². The van der Waals surface area contributed by atoms with Gasteiger partial charge in [-0.1, -0.05) is 20.8 Å². The normalized spacial score (nSPS) is 12.4. The van der Waals surface area contributed by atoms with Crippen LogP contribution >= 0.6 is 23.6 Å². The Labute approximate surface area is 122 Å². The lowest BCUT2D eigenvalue weighted by atomic mass is 9.98. The van der Waals surface area contributed by atoms with E-state index in [9.17, 15) is 0 Å². The molecule has 6 heteroatoms. The van der Waals surface area contributed by atoms with Crippen LogP contribution in [0.25, 0.3) is 10.7 Å². The number of nitrogens with one attached hydrogen (secondary N) is 1. The Morgan fingerprint density at radius 1 is 1.32 bits per heavy atom. The molecule has 2 heterocycles. The summed E-state index contributed by atoms with van der Waals surface area (Å²) in [6, 6.07) is 0.279. The zero-order valence-electron chi connectivity index (χ0n) is 12.2. The van der Waals surface area contributed by atoms with E-state index in [2.05, 4.69) is 49.8 Å². The molecule has 1 N–H and O–H groups in total. The van der Waals surface area contributed by atoms with Crippen LogP contribution in [0.3, 0.4) is 0 Å². The highest BCUT2D eigenvalue weighted by molar-refractivity contribution is 7.71. The van der Waals surface area contributed by atoms with Gasteiger partial charge in [-0.15, -0.1) is 11.3 Å². The highest BCUT2D eigenvalue weighted by Gasteiger charge is 2.23. The van der Waals surface area contributed by atoms with Crippen molar-refractivity contribution in [2.75, 3.05) is 0 Å². The molecule has 2 aromatic rings. The fraction of sp³-hybridized carbons (Fsp3) is 0.615. The zero-order valence-corrected chi connectivity index (χ0v) is 13.9. The number of thiazole rings is 1. The topological polar surface area (TPSA) is 46.5 Å². The van der Waals surface area contributed by atoms with Crippen molar-refractivity contribution in [2.24, 2.45) is 0 Å². The summed E-state index contributed by atoms with van der Waals surface area (Å²) in [6.07, 6.45) is 0. The molecule has 0 radical (unpaired) electrons. The highest BCUT2D eigenvalue weighted by Crippen LogP contribution is 2.35. The summed E-state index contributed by atoms with van der Waals surface area (Å²) in [5.41, 5.74) is 1.08. The molecule has 0 spiro atoms. The maximum absolute atomic E-state index is 5.30. The first-order valence-corrected chi connectivity index (χ1v) is 7.59. The molecule has 0 aliphatic heterocycles. The van der Waals surface area contributed by atoms with Gasteiger partial charge in [-0.25, -0.2) is 4.98 Å². The SMILES string of the molecule is Cc1nc(C(C)(C)C)sc1-c1n[nH]c(=S)n1C(C)C. The number of aryl methyl sites for hydroxylation is 1. The van der Waals surface area contributed by atoms with Crippen LogP contribution in [-0.2, 0) is 5.41 Å². The third-order valence-corrected chi connectivity index (χ3v) is 4.73. The summed E-state index contributed by atoms with van der Waals surface area (Å²) < 4.78 is 2.71. The molecule has 0 saturated heterocycles. The Morgan fingerprint density at radius 3 is 2.42 bits per heavy atom. The highest BCUT2D eigenvalue weighted by atomic mass is 32.1. The second-order valence-corrected chi connectivity index (χ2v) is 7.39. The van der Waals surface area contributed by atoms with Crippen LogP contribution in [0.2, 0.25) is 0 Å². The number of H-pyrrole nitrogens is 1. The van der Waals surface area contributed by atoms with Crippen molar-refractivity contribution in [3.63, 3.8) is 0 Å². The van der Waals surface area contributed by atoms with Crippen LogP contribution in [-0.4, -0.2) is 19.7 Å². The Bertz CT molecular complexity index is 640. The predicted molar refractivity (Wildman–Crippen MR) is 82.3 cm³/mol. The number of hydrogen-bond acceptors (Lipinski definition) is 4. The van der Waals surface area contributed by atoms with E-state index < -0.39 is 0 Å². The average Bonchev–Trinajstić information content (AvgIpc) is 2.80. The summed E-state index contributed by atoms with van der Waals surface area (Å²) in [5.74, 6) is 0.894. The van der Waals surface area contributed by atoms with Gasteiger partial charge in [0.05, 0.1) is 15.6 Å². The van der Waals surface area contributed by atoms with E-state index in [0.29, 0.717) is 4.77 Å². The van der Waals surface area contributed by atoms with Crippen LogP contribution in [0.5, 0.6) is 0 Å². The number of aromatic amines is 1. The van der Waals surface area contributed by atoms with Crippen LogP contribution in [0.1, 0.15) is 51.4 Å². The summed E-state index contributed by atoms with van der Waals surface area (Å²) in [4.78, 5) is 5.79. The van der Waals surface area contributed by atoms with Crippen LogP contribution < -0.4 is 0 Å². The van der Waals surface area contributed by atoms with Crippen molar-refractivity contribution in [1.29, 1.82) is 0 Å². The summed E-state index contributed by atoms with van der Waals surface area (Å²) >= 11 is 7.01. The van der Waals surface area contributed by atoms with Crippen LogP contribution in [0.4, 0.5) is 0 Å². The molecule has 0 saturated carbocycles. The quantitative estimate of drug-likeness (QED) is 0.843. The van der Waals surface area contributed by atoms with Crippen molar-refractivity contribution in [3.05, 3.63) is 15.5 Å². The molecular formula is C13H20N4S2. The van der Waals surface area contributed by atoms with Gasteiger partial charge in [-0.05, 0) is 33.0 Å². The predicted octanol–water partition coefficient (Wildman–Crippen LogP) is 4.25. The lowest BCUT2D eigenvalue weighted by Crippen LogP contribution is -2.10. The molecule has 2 rings (SSSR count). The van der Waals surface area contributed by atoms with Gasteiger partial charge in [-0.2, -0.15) is 5.10 Å². The molecule has 0 amide bonds. The van der Waals surface area contributed by atoms with Crippen LogP contribution in [0, 0.1) is 11.7 Å². The molecule has 0 fully saturated rings. The first kappa shape index (κ1) is 14.4. The van der Waals surface area contributed by atoms with Crippen LogP contribution in [0.15, 0.2) is 0 Å². The van der Waals surface area contributed by atoms with Crippen molar-refractivity contribution in [2.45, 2.75) is 53.0 Å². The van der Waals surface area contributed by atoms with Crippen molar-refractivity contribution in [3.8, 4) is 10.7 Å². The van der Waals surface area contributed by atoms with Gasteiger partial charge in [-0.3, -0.25) is 9.67 Å². The van der Waals surface area contributed by atoms with E-state index in [1.807, 2.05) is 11.5 Å². The van der Waals surface area contributed by atoms with Gasteiger partial charge in [0, 0.05) is 11.5 Å². The van der Waals surface area contributed by atoms with E-state index in [1.54, 1.807) is 11.3 Å². The maximum Gasteiger partial charge on any atom is 0.195 e. The van der Waals surface area contributed by atoms with Crippen molar-refractivity contribution in [1.82, 2.24) is 19.7 Å². The van der Waals surface area contributed by atoms with E-state index in [0.717, 1.165) is 21.4 Å². The van der Waals surface area contributed by atoms with E-state index in [1.165, 1.54) is 0 Å². The van der Waals surface area contributed by atoms with Crippen molar-refractivity contribution < 1.29 is 0 Å². The molecule has 0 aliphatic carbocycles. The Hall–Kier alpha value is -1.01. The van der Waals surface area contributed by atoms with E-state index in [4.69, 9.17) is 12.2 Å². The second kappa shape index (κ2) is 4.83. The van der Waals surface area contributed by atoms with Gasteiger partial charge in [0.2, 0.25) is 0 Å². The fourth-order valence-corrected chi connectivity index (χ4v) is 3.32. The number of aromatic nitrogens is 4. The molecule has 2 aromatic heterocycles. The molecule has 4 nitrogen and oxygen atoms in total. The zero-order chi connectivity index (χ0) is 14.4. The molecule has 0 aliphatic rings. The standard InChI is InChI=1S/C13H20N4S2/c1-7(2)17-10(15-16-12(17)18)9-8(3)14-11(19-9)13(4,5)6/h7H,1-6H3,(H,16,18). The van der Waals surface area contributed by atoms with Crippen molar-refractivity contribution >= 4 is 23.6 Å². The average molecular weight is 296 g/mol. The minimum atomic E-state index is 0.0590. The second-order valence-electron chi connectivity index (χ2n) is 6.00. The maximum atomic E-state index is 5.30. The Balaban J connectivity index is 2.61. The number of rotatable bonds is 2. The molecule has 0 atom stereocenters. The fourth-order valence-electron chi connectivity index (χ4n) is 1.87. The largest absolute Gasteiger partial charge is 0.297 e. The summed E-state index contributed by atoms with van der Waals surface area (Å²) in [5, 5.41) is 8.40. The lowest BCUT2D eigenvalue weighted by Gasteiger charge is -2.13. The summed E-state index contributed by atoms with van der Waals surface area (Å²) in [7, 11) is 0.